The summed E-state index contributed by atoms with van der Waals surface area (Å²) in [6, 6.07) is 3.85. The molecule has 2 aromatic rings. The molecule has 0 fully saturated rings. The second kappa shape index (κ2) is 3.77. The molecule has 0 bridgehead atoms. The van der Waals surface area contributed by atoms with Crippen molar-refractivity contribution in [3.8, 4) is 0 Å². The quantitative estimate of drug-likeness (QED) is 0.642. The van der Waals surface area contributed by atoms with Crippen LogP contribution in [0.5, 0.6) is 0 Å². The Morgan fingerprint density at radius 1 is 1.31 bits per heavy atom. The molecule has 0 unspecified atom stereocenters. The summed E-state index contributed by atoms with van der Waals surface area (Å²) in [5.74, 6) is 0. The zero-order chi connectivity index (χ0) is 9.42. The second-order valence-corrected chi connectivity index (χ2v) is 4.91. The number of benzene rings is 1. The first-order valence-corrected chi connectivity index (χ1v) is 6.40. The van der Waals surface area contributed by atoms with E-state index in [1.54, 1.807) is 17.4 Å². The third-order valence-corrected chi connectivity index (χ3v) is 4.14. The van der Waals surface area contributed by atoms with Gasteiger partial charge in [-0.15, -0.1) is 11.3 Å². The molecular formula is C9H5BrCl2S. The molecule has 0 radical (unpaired) electrons. The molecule has 0 aliphatic heterocycles. The highest BCUT2D eigenvalue weighted by Crippen LogP contribution is 2.36. The van der Waals surface area contributed by atoms with Crippen LogP contribution in [0.2, 0.25) is 10.0 Å². The number of alkyl halides is 1. The van der Waals surface area contributed by atoms with Gasteiger partial charge in [0.15, 0.2) is 0 Å². The molecule has 1 aromatic carbocycles. The van der Waals surface area contributed by atoms with E-state index in [2.05, 4.69) is 15.9 Å². The molecule has 0 saturated heterocycles. The number of rotatable bonds is 1. The Morgan fingerprint density at radius 3 is 2.77 bits per heavy atom. The van der Waals surface area contributed by atoms with E-state index in [0.29, 0.717) is 0 Å². The van der Waals surface area contributed by atoms with Crippen LogP contribution >= 0.6 is 50.5 Å². The van der Waals surface area contributed by atoms with E-state index >= 15 is 0 Å². The fourth-order valence-corrected chi connectivity index (χ4v) is 3.53. The van der Waals surface area contributed by atoms with Crippen LogP contribution in [0.25, 0.3) is 10.1 Å². The monoisotopic (exact) mass is 294 g/mol. The average Bonchev–Trinajstić information content (AvgIpc) is 2.53. The van der Waals surface area contributed by atoms with Crippen LogP contribution in [0.4, 0.5) is 0 Å². The maximum absolute atomic E-state index is 6.06. The summed E-state index contributed by atoms with van der Waals surface area (Å²) in [5, 5.41) is 5.40. The normalized spacial score (nSPS) is 11.0. The van der Waals surface area contributed by atoms with Gasteiger partial charge in [-0.3, -0.25) is 0 Å². The molecule has 1 aromatic heterocycles. The van der Waals surface area contributed by atoms with Crippen LogP contribution in [-0.4, -0.2) is 0 Å². The van der Waals surface area contributed by atoms with Crippen LogP contribution in [0, 0.1) is 0 Å². The fourth-order valence-electron chi connectivity index (χ4n) is 1.26. The summed E-state index contributed by atoms with van der Waals surface area (Å²) in [6.07, 6.45) is 0. The predicted octanol–water partition coefficient (Wildman–Crippen LogP) is 5.10. The minimum atomic E-state index is 0.729. The van der Waals surface area contributed by atoms with Gasteiger partial charge in [0.05, 0.1) is 9.72 Å². The minimum Gasteiger partial charge on any atom is -0.142 e. The van der Waals surface area contributed by atoms with Crippen LogP contribution in [0.1, 0.15) is 5.56 Å². The van der Waals surface area contributed by atoms with Crippen LogP contribution < -0.4 is 0 Å². The van der Waals surface area contributed by atoms with Gasteiger partial charge in [0.1, 0.15) is 0 Å². The highest BCUT2D eigenvalue weighted by atomic mass is 79.9. The Balaban J connectivity index is 2.88. The van der Waals surface area contributed by atoms with Crippen LogP contribution in [-0.2, 0) is 5.33 Å². The maximum Gasteiger partial charge on any atom is 0.0599 e. The zero-order valence-electron chi connectivity index (χ0n) is 6.48. The van der Waals surface area contributed by atoms with Crippen molar-refractivity contribution < 1.29 is 0 Å². The molecule has 0 aliphatic carbocycles. The second-order valence-electron chi connectivity index (χ2n) is 2.62. The Kier molecular flexibility index (Phi) is 2.84. The molecule has 68 valence electrons. The molecule has 0 amide bonds. The Morgan fingerprint density at radius 2 is 2.08 bits per heavy atom. The smallest absolute Gasteiger partial charge is 0.0599 e. The van der Waals surface area contributed by atoms with Crippen molar-refractivity contribution in [1.29, 1.82) is 0 Å². The van der Waals surface area contributed by atoms with E-state index in [0.717, 1.165) is 31.0 Å². The SMILES string of the molecule is Clc1cc(Cl)c2sccc2c1CBr. The lowest BCUT2D eigenvalue weighted by Gasteiger charge is -2.03. The van der Waals surface area contributed by atoms with Crippen molar-refractivity contribution >= 4 is 60.6 Å². The van der Waals surface area contributed by atoms with Gasteiger partial charge in [0, 0.05) is 10.4 Å². The Hall–Kier alpha value is 0.240. The fraction of sp³-hybridized carbons (Fsp3) is 0.111. The van der Waals surface area contributed by atoms with E-state index in [9.17, 15) is 0 Å². The van der Waals surface area contributed by atoms with Crippen molar-refractivity contribution in [2.24, 2.45) is 0 Å². The first-order chi connectivity index (χ1) is 6.24. The maximum atomic E-state index is 6.06. The summed E-state index contributed by atoms with van der Waals surface area (Å²) >= 11 is 17.2. The Labute approximate surface area is 98.6 Å². The minimum absolute atomic E-state index is 0.729. The number of fused-ring (bicyclic) bond motifs is 1. The van der Waals surface area contributed by atoms with Gasteiger partial charge in [-0.05, 0) is 28.5 Å². The van der Waals surface area contributed by atoms with E-state index in [1.807, 2.05) is 11.4 Å². The average molecular weight is 296 g/mol. The lowest BCUT2D eigenvalue weighted by Crippen LogP contribution is -1.81. The molecule has 0 spiro atoms. The third-order valence-electron chi connectivity index (χ3n) is 1.88. The molecular weight excluding hydrogens is 291 g/mol. The van der Waals surface area contributed by atoms with Crippen molar-refractivity contribution in [2.75, 3.05) is 0 Å². The predicted molar refractivity (Wildman–Crippen MR) is 64.5 cm³/mol. The molecule has 1 heterocycles. The van der Waals surface area contributed by atoms with E-state index < -0.39 is 0 Å². The van der Waals surface area contributed by atoms with Crippen molar-refractivity contribution in [2.45, 2.75) is 5.33 Å². The lowest BCUT2D eigenvalue weighted by atomic mass is 10.1. The molecule has 0 aliphatic rings. The largest absolute Gasteiger partial charge is 0.142 e. The highest BCUT2D eigenvalue weighted by Gasteiger charge is 2.09. The van der Waals surface area contributed by atoms with E-state index in [-0.39, 0.29) is 0 Å². The Bertz CT molecular complexity index is 450. The first kappa shape index (κ1) is 9.78. The molecule has 0 nitrogen and oxygen atoms in total. The molecule has 2 rings (SSSR count). The molecule has 0 N–H and O–H groups in total. The van der Waals surface area contributed by atoms with Gasteiger partial charge in [-0.2, -0.15) is 0 Å². The van der Waals surface area contributed by atoms with E-state index in [4.69, 9.17) is 23.2 Å². The van der Waals surface area contributed by atoms with Gasteiger partial charge in [0.2, 0.25) is 0 Å². The van der Waals surface area contributed by atoms with Crippen molar-refractivity contribution in [3.05, 3.63) is 33.1 Å². The lowest BCUT2D eigenvalue weighted by molar-refractivity contribution is 1.50. The number of thiophene rings is 1. The third kappa shape index (κ3) is 1.61. The van der Waals surface area contributed by atoms with Crippen molar-refractivity contribution in [3.63, 3.8) is 0 Å². The summed E-state index contributed by atoms with van der Waals surface area (Å²) in [4.78, 5) is 0. The molecule has 13 heavy (non-hydrogen) atoms. The van der Waals surface area contributed by atoms with Gasteiger partial charge in [-0.1, -0.05) is 39.1 Å². The standard InChI is InChI=1S/C9H5BrCl2S/c10-4-6-5-1-2-13-9(5)8(12)3-7(6)11/h1-3H,4H2. The van der Waals surface area contributed by atoms with Crippen LogP contribution in [0.15, 0.2) is 17.5 Å². The number of halogens is 3. The zero-order valence-corrected chi connectivity index (χ0v) is 10.4. The number of hydrogen-bond donors (Lipinski definition) is 0. The van der Waals surface area contributed by atoms with Crippen LogP contribution in [0.3, 0.4) is 0 Å². The molecule has 0 atom stereocenters. The molecule has 4 heteroatoms. The summed E-state index contributed by atoms with van der Waals surface area (Å²) in [5.41, 5.74) is 1.11. The van der Waals surface area contributed by atoms with Crippen molar-refractivity contribution in [1.82, 2.24) is 0 Å². The molecule has 0 saturated carbocycles. The summed E-state index contributed by atoms with van der Waals surface area (Å²) in [6.45, 7) is 0. The van der Waals surface area contributed by atoms with E-state index in [1.165, 1.54) is 0 Å². The number of hydrogen-bond acceptors (Lipinski definition) is 1. The van der Waals surface area contributed by atoms with Gasteiger partial charge in [0.25, 0.3) is 0 Å². The summed E-state index contributed by atoms with van der Waals surface area (Å²) in [7, 11) is 0. The van der Waals surface area contributed by atoms with Gasteiger partial charge < -0.3 is 0 Å². The van der Waals surface area contributed by atoms with Gasteiger partial charge >= 0.3 is 0 Å². The highest BCUT2D eigenvalue weighted by molar-refractivity contribution is 9.08. The topological polar surface area (TPSA) is 0 Å². The first-order valence-electron chi connectivity index (χ1n) is 3.64. The van der Waals surface area contributed by atoms with Gasteiger partial charge in [-0.25, -0.2) is 0 Å². The summed E-state index contributed by atoms with van der Waals surface area (Å²) < 4.78 is 1.11.